The number of likely N-dealkylation sites (tertiary alicyclic amines) is 1. The Morgan fingerprint density at radius 1 is 1.36 bits per heavy atom. The molecule has 1 N–H and O–H groups in total. The topological polar surface area (TPSA) is 62.6 Å². The van der Waals surface area contributed by atoms with E-state index in [0.29, 0.717) is 13.2 Å². The van der Waals surface area contributed by atoms with Crippen molar-refractivity contribution in [3.8, 4) is 0 Å². The van der Waals surface area contributed by atoms with Crippen molar-refractivity contribution < 1.29 is 9.53 Å². The maximum Gasteiger partial charge on any atom is 0.233 e. The first-order chi connectivity index (χ1) is 12.0. The molecule has 3 rings (SSSR count). The molecule has 0 bridgehead atoms. The Balaban J connectivity index is 1.67. The lowest BCUT2D eigenvalue weighted by Crippen LogP contribution is -2.51. The van der Waals surface area contributed by atoms with Crippen LogP contribution in [-0.4, -0.2) is 78.5 Å². The standard InChI is InChI=1S/C18H31N5O2/c1-15-9-16(21(3)20-15)10-22-6-4-5-18(12-22)13-23(7-8-25-14-18)11-17(24)19-2/h9H,4-8,10-14H2,1-3H3,(H,19,24)/t18-/m0/s1. The highest BCUT2D eigenvalue weighted by molar-refractivity contribution is 5.77. The average Bonchev–Trinajstić information content (AvgIpc) is 2.77. The minimum Gasteiger partial charge on any atom is -0.379 e. The lowest BCUT2D eigenvalue weighted by atomic mass is 9.80. The summed E-state index contributed by atoms with van der Waals surface area (Å²) in [6.07, 6.45) is 2.34. The van der Waals surface area contributed by atoms with E-state index in [2.05, 4.69) is 26.3 Å². The monoisotopic (exact) mass is 349 g/mol. The molecule has 2 aliphatic heterocycles. The second-order valence-corrected chi connectivity index (χ2v) is 7.65. The van der Waals surface area contributed by atoms with Crippen molar-refractivity contribution in [1.29, 1.82) is 0 Å². The van der Waals surface area contributed by atoms with Crippen molar-refractivity contribution in [2.75, 3.05) is 53.0 Å². The van der Waals surface area contributed by atoms with Gasteiger partial charge < -0.3 is 10.1 Å². The van der Waals surface area contributed by atoms with Gasteiger partial charge in [-0.3, -0.25) is 19.3 Å². The van der Waals surface area contributed by atoms with Crippen LogP contribution in [0.1, 0.15) is 24.2 Å². The molecule has 2 fully saturated rings. The molecular formula is C18H31N5O2. The Hall–Kier alpha value is -1.44. The third-order valence-electron chi connectivity index (χ3n) is 5.39. The van der Waals surface area contributed by atoms with E-state index in [-0.39, 0.29) is 11.3 Å². The number of rotatable bonds is 4. The van der Waals surface area contributed by atoms with Crippen molar-refractivity contribution >= 4 is 5.91 Å². The van der Waals surface area contributed by atoms with E-state index in [4.69, 9.17) is 4.74 Å². The molecule has 2 aliphatic rings. The molecule has 140 valence electrons. The van der Waals surface area contributed by atoms with Crippen LogP contribution in [0.5, 0.6) is 0 Å². The van der Waals surface area contributed by atoms with Gasteiger partial charge in [0.15, 0.2) is 0 Å². The number of ether oxygens (including phenoxy) is 1. The van der Waals surface area contributed by atoms with Crippen LogP contribution in [0.15, 0.2) is 6.07 Å². The predicted molar refractivity (Wildman–Crippen MR) is 96.2 cm³/mol. The van der Waals surface area contributed by atoms with E-state index in [1.165, 1.54) is 12.1 Å². The number of aromatic nitrogens is 2. The number of nitrogens with one attached hydrogen (secondary N) is 1. The fourth-order valence-corrected chi connectivity index (χ4v) is 4.23. The lowest BCUT2D eigenvalue weighted by Gasteiger charge is -2.43. The second-order valence-electron chi connectivity index (χ2n) is 7.65. The van der Waals surface area contributed by atoms with E-state index in [0.717, 1.165) is 51.4 Å². The summed E-state index contributed by atoms with van der Waals surface area (Å²) in [5.41, 5.74) is 2.45. The Morgan fingerprint density at radius 2 is 2.16 bits per heavy atom. The van der Waals surface area contributed by atoms with Crippen LogP contribution in [0, 0.1) is 12.3 Å². The molecule has 7 heteroatoms. The van der Waals surface area contributed by atoms with Crippen LogP contribution in [-0.2, 0) is 23.1 Å². The van der Waals surface area contributed by atoms with Gasteiger partial charge in [-0.15, -0.1) is 0 Å². The first-order valence-electron chi connectivity index (χ1n) is 9.22. The molecule has 1 aromatic rings. The smallest absolute Gasteiger partial charge is 0.233 e. The van der Waals surface area contributed by atoms with Crippen molar-refractivity contribution in [2.45, 2.75) is 26.3 Å². The summed E-state index contributed by atoms with van der Waals surface area (Å²) < 4.78 is 7.93. The summed E-state index contributed by atoms with van der Waals surface area (Å²) in [7, 11) is 3.71. The van der Waals surface area contributed by atoms with Crippen LogP contribution in [0.3, 0.4) is 0 Å². The van der Waals surface area contributed by atoms with Crippen molar-refractivity contribution in [1.82, 2.24) is 24.9 Å². The van der Waals surface area contributed by atoms with Gasteiger partial charge in [0, 0.05) is 45.7 Å². The van der Waals surface area contributed by atoms with E-state index in [9.17, 15) is 4.79 Å². The van der Waals surface area contributed by atoms with Crippen molar-refractivity contribution in [3.05, 3.63) is 17.5 Å². The van der Waals surface area contributed by atoms with Gasteiger partial charge in [-0.05, 0) is 32.4 Å². The SMILES string of the molecule is CNC(=O)CN1CCOC[C@]2(CCCN(Cc3cc(C)nn3C)C2)C1. The Morgan fingerprint density at radius 3 is 2.88 bits per heavy atom. The zero-order valence-electron chi connectivity index (χ0n) is 15.8. The minimum atomic E-state index is 0.0788. The van der Waals surface area contributed by atoms with Crippen molar-refractivity contribution in [2.24, 2.45) is 12.5 Å². The number of nitrogens with zero attached hydrogens (tertiary/aromatic N) is 4. The van der Waals surface area contributed by atoms with Gasteiger partial charge in [0.25, 0.3) is 0 Å². The Bertz CT molecular complexity index is 602. The van der Waals surface area contributed by atoms with Crippen LogP contribution < -0.4 is 5.32 Å². The van der Waals surface area contributed by atoms with E-state index >= 15 is 0 Å². The maximum atomic E-state index is 11.8. The van der Waals surface area contributed by atoms with Crippen molar-refractivity contribution in [3.63, 3.8) is 0 Å². The molecule has 7 nitrogen and oxygen atoms in total. The molecular weight excluding hydrogens is 318 g/mol. The molecule has 2 saturated heterocycles. The molecule has 1 spiro atoms. The normalized spacial score (nSPS) is 25.9. The highest BCUT2D eigenvalue weighted by atomic mass is 16.5. The van der Waals surface area contributed by atoms with Gasteiger partial charge in [-0.2, -0.15) is 5.10 Å². The van der Waals surface area contributed by atoms with Gasteiger partial charge in [-0.1, -0.05) is 0 Å². The fourth-order valence-electron chi connectivity index (χ4n) is 4.23. The number of carbonyl (C=O) groups is 1. The first-order valence-corrected chi connectivity index (χ1v) is 9.22. The van der Waals surface area contributed by atoms with Gasteiger partial charge >= 0.3 is 0 Å². The predicted octanol–water partition coefficient (Wildman–Crippen LogP) is 0.389. The zero-order valence-corrected chi connectivity index (χ0v) is 15.8. The zero-order chi connectivity index (χ0) is 17.9. The molecule has 1 amide bonds. The molecule has 3 heterocycles. The fraction of sp³-hybridized carbons (Fsp3) is 0.778. The molecule has 1 atom stereocenters. The van der Waals surface area contributed by atoms with E-state index in [1.54, 1.807) is 7.05 Å². The number of aryl methyl sites for hydroxylation is 2. The quantitative estimate of drug-likeness (QED) is 0.852. The Labute approximate surface area is 150 Å². The van der Waals surface area contributed by atoms with Gasteiger partial charge in [0.1, 0.15) is 0 Å². The van der Waals surface area contributed by atoms with Crippen LogP contribution >= 0.6 is 0 Å². The summed E-state index contributed by atoms with van der Waals surface area (Å²) in [4.78, 5) is 16.6. The summed E-state index contributed by atoms with van der Waals surface area (Å²) >= 11 is 0. The third kappa shape index (κ3) is 4.59. The van der Waals surface area contributed by atoms with Crippen LogP contribution in [0.4, 0.5) is 0 Å². The maximum absolute atomic E-state index is 11.8. The molecule has 25 heavy (non-hydrogen) atoms. The van der Waals surface area contributed by atoms with Gasteiger partial charge in [0.2, 0.25) is 5.91 Å². The Kier molecular flexibility index (Phi) is 5.76. The number of carbonyl (C=O) groups excluding carboxylic acids is 1. The highest BCUT2D eigenvalue weighted by Gasteiger charge is 2.39. The minimum absolute atomic E-state index is 0.0788. The number of hydrogen-bond acceptors (Lipinski definition) is 5. The van der Waals surface area contributed by atoms with E-state index < -0.39 is 0 Å². The number of hydrogen-bond donors (Lipinski definition) is 1. The number of amides is 1. The second kappa shape index (κ2) is 7.85. The van der Waals surface area contributed by atoms with Crippen LogP contribution in [0.25, 0.3) is 0 Å². The first kappa shape index (κ1) is 18.4. The molecule has 0 unspecified atom stereocenters. The largest absolute Gasteiger partial charge is 0.379 e. The summed E-state index contributed by atoms with van der Waals surface area (Å²) in [6.45, 7) is 8.81. The summed E-state index contributed by atoms with van der Waals surface area (Å²) in [5.74, 6) is 0.0788. The third-order valence-corrected chi connectivity index (χ3v) is 5.39. The lowest BCUT2D eigenvalue weighted by molar-refractivity contribution is -0.122. The molecule has 1 aromatic heterocycles. The molecule has 0 aliphatic carbocycles. The van der Waals surface area contributed by atoms with E-state index in [1.807, 2.05) is 18.7 Å². The summed E-state index contributed by atoms with van der Waals surface area (Å²) in [6, 6.07) is 2.17. The van der Waals surface area contributed by atoms with Gasteiger partial charge in [0.05, 0.1) is 31.1 Å². The van der Waals surface area contributed by atoms with Gasteiger partial charge in [-0.25, -0.2) is 0 Å². The number of likely N-dealkylation sites (N-methyl/N-ethyl adjacent to an activating group) is 1. The summed E-state index contributed by atoms with van der Waals surface area (Å²) in [5, 5.41) is 7.19. The molecule has 0 radical (unpaired) electrons. The highest BCUT2D eigenvalue weighted by Crippen LogP contribution is 2.33. The molecule has 0 saturated carbocycles. The number of piperidine rings is 1. The molecule has 0 aromatic carbocycles. The van der Waals surface area contributed by atoms with Crippen LogP contribution in [0.2, 0.25) is 0 Å². The average molecular weight is 349 g/mol.